The number of ether oxygens (including phenoxy) is 1. The standard InChI is InChI=1S/C18H29N3OS/c1-15(2)17-6-4-16(5-7-17)14-20(3)18(23)19-8-9-21-10-12-22-13-11-21/h4-7,15H,8-14H2,1-3H3,(H,19,23). The van der Waals surface area contributed by atoms with Crippen LogP contribution in [0.15, 0.2) is 24.3 Å². The smallest absolute Gasteiger partial charge is 0.169 e. The third kappa shape index (κ3) is 6.09. The number of rotatable bonds is 6. The number of benzene rings is 1. The molecule has 4 nitrogen and oxygen atoms in total. The van der Waals surface area contributed by atoms with E-state index in [1.54, 1.807) is 0 Å². The minimum absolute atomic E-state index is 0.574. The third-order valence-corrected chi connectivity index (χ3v) is 4.68. The van der Waals surface area contributed by atoms with Crippen molar-refractivity contribution in [3.63, 3.8) is 0 Å². The maximum Gasteiger partial charge on any atom is 0.169 e. The van der Waals surface area contributed by atoms with Crippen LogP contribution in [0.5, 0.6) is 0 Å². The first-order valence-corrected chi connectivity index (χ1v) is 8.85. The van der Waals surface area contributed by atoms with Crippen LogP contribution >= 0.6 is 12.2 Å². The van der Waals surface area contributed by atoms with Crippen molar-refractivity contribution in [2.24, 2.45) is 0 Å². The Bertz CT molecular complexity index is 484. The van der Waals surface area contributed by atoms with Gasteiger partial charge in [0.15, 0.2) is 5.11 Å². The lowest BCUT2D eigenvalue weighted by atomic mass is 10.0. The molecule has 1 fully saturated rings. The summed E-state index contributed by atoms with van der Waals surface area (Å²) in [5.41, 5.74) is 2.66. The van der Waals surface area contributed by atoms with Gasteiger partial charge in [-0.3, -0.25) is 4.90 Å². The van der Waals surface area contributed by atoms with Gasteiger partial charge in [0, 0.05) is 39.8 Å². The Kier molecular flexibility index (Phi) is 7.27. The molecule has 1 aromatic rings. The monoisotopic (exact) mass is 335 g/mol. The number of morpholine rings is 1. The summed E-state index contributed by atoms with van der Waals surface area (Å²) in [6, 6.07) is 8.82. The molecule has 0 bridgehead atoms. The van der Waals surface area contributed by atoms with Crippen molar-refractivity contribution >= 4 is 17.3 Å². The van der Waals surface area contributed by atoms with Crippen molar-refractivity contribution in [3.05, 3.63) is 35.4 Å². The molecule has 1 aliphatic heterocycles. The molecule has 1 heterocycles. The highest BCUT2D eigenvalue weighted by atomic mass is 32.1. The van der Waals surface area contributed by atoms with Gasteiger partial charge in [0.25, 0.3) is 0 Å². The molecular formula is C18H29N3OS. The lowest BCUT2D eigenvalue weighted by Gasteiger charge is -2.27. The normalized spacial score (nSPS) is 15.7. The molecule has 23 heavy (non-hydrogen) atoms. The van der Waals surface area contributed by atoms with E-state index in [1.165, 1.54) is 11.1 Å². The predicted octanol–water partition coefficient (Wildman–Crippen LogP) is 2.45. The number of hydrogen-bond donors (Lipinski definition) is 1. The zero-order valence-electron chi connectivity index (χ0n) is 14.5. The van der Waals surface area contributed by atoms with E-state index in [9.17, 15) is 0 Å². The summed E-state index contributed by atoms with van der Waals surface area (Å²) in [5, 5.41) is 4.17. The summed E-state index contributed by atoms with van der Waals surface area (Å²) in [5.74, 6) is 0.574. The van der Waals surface area contributed by atoms with E-state index in [0.717, 1.165) is 51.0 Å². The van der Waals surface area contributed by atoms with Crippen LogP contribution in [-0.4, -0.2) is 61.4 Å². The quantitative estimate of drug-likeness (QED) is 0.806. The molecule has 0 saturated carbocycles. The summed E-state index contributed by atoms with van der Waals surface area (Å²) < 4.78 is 5.36. The van der Waals surface area contributed by atoms with Gasteiger partial charge < -0.3 is 15.0 Å². The zero-order valence-corrected chi connectivity index (χ0v) is 15.4. The van der Waals surface area contributed by atoms with Gasteiger partial charge in [0.2, 0.25) is 0 Å². The van der Waals surface area contributed by atoms with Crippen molar-refractivity contribution in [1.29, 1.82) is 0 Å². The Morgan fingerprint density at radius 1 is 1.26 bits per heavy atom. The fourth-order valence-electron chi connectivity index (χ4n) is 2.63. The fraction of sp³-hybridized carbons (Fsp3) is 0.611. The molecule has 0 aromatic heterocycles. The van der Waals surface area contributed by atoms with Gasteiger partial charge in [-0.15, -0.1) is 0 Å². The summed E-state index contributed by atoms with van der Waals surface area (Å²) in [6.45, 7) is 10.9. The third-order valence-electron chi connectivity index (χ3n) is 4.22. The van der Waals surface area contributed by atoms with Crippen LogP contribution in [0.3, 0.4) is 0 Å². The Hall–Kier alpha value is -1.17. The SMILES string of the molecule is CC(C)c1ccc(CN(C)C(=S)NCCN2CCOCC2)cc1. The summed E-state index contributed by atoms with van der Waals surface area (Å²) in [6.07, 6.45) is 0. The molecule has 0 unspecified atom stereocenters. The zero-order chi connectivity index (χ0) is 16.7. The summed E-state index contributed by atoms with van der Waals surface area (Å²) in [7, 11) is 2.04. The molecule has 2 rings (SSSR count). The van der Waals surface area contributed by atoms with Crippen molar-refractivity contribution in [3.8, 4) is 0 Å². The molecule has 5 heteroatoms. The molecule has 0 amide bonds. The van der Waals surface area contributed by atoms with E-state index in [-0.39, 0.29) is 0 Å². The first kappa shape index (κ1) is 18.2. The van der Waals surface area contributed by atoms with E-state index in [4.69, 9.17) is 17.0 Å². The molecule has 128 valence electrons. The van der Waals surface area contributed by atoms with Crippen molar-refractivity contribution in [1.82, 2.24) is 15.1 Å². The van der Waals surface area contributed by atoms with Crippen LogP contribution in [0.1, 0.15) is 30.9 Å². The Labute approximate surface area is 145 Å². The molecule has 0 aliphatic carbocycles. The maximum absolute atomic E-state index is 5.48. The Morgan fingerprint density at radius 2 is 1.91 bits per heavy atom. The van der Waals surface area contributed by atoms with Gasteiger partial charge in [0.05, 0.1) is 13.2 Å². The minimum Gasteiger partial charge on any atom is -0.379 e. The second kappa shape index (κ2) is 9.21. The van der Waals surface area contributed by atoms with Crippen LogP contribution < -0.4 is 5.32 Å². The minimum atomic E-state index is 0.574. The van der Waals surface area contributed by atoms with Gasteiger partial charge in [-0.25, -0.2) is 0 Å². The maximum atomic E-state index is 5.48. The molecule has 1 saturated heterocycles. The lowest BCUT2D eigenvalue weighted by molar-refractivity contribution is 0.0389. The molecule has 1 aliphatic rings. The Balaban J connectivity index is 1.71. The second-order valence-corrected chi connectivity index (χ2v) is 6.82. The first-order chi connectivity index (χ1) is 11.1. The highest BCUT2D eigenvalue weighted by Gasteiger charge is 2.10. The molecule has 1 aromatic carbocycles. The predicted molar refractivity (Wildman–Crippen MR) is 99.9 cm³/mol. The van der Waals surface area contributed by atoms with Crippen LogP contribution in [0.25, 0.3) is 0 Å². The molecular weight excluding hydrogens is 306 g/mol. The van der Waals surface area contributed by atoms with Crippen LogP contribution in [0, 0.1) is 0 Å². The molecule has 1 N–H and O–H groups in total. The highest BCUT2D eigenvalue weighted by Crippen LogP contribution is 2.15. The average molecular weight is 336 g/mol. The van der Waals surface area contributed by atoms with Crippen molar-refractivity contribution in [2.75, 3.05) is 46.4 Å². The van der Waals surface area contributed by atoms with Gasteiger partial charge >= 0.3 is 0 Å². The number of nitrogens with one attached hydrogen (secondary N) is 1. The van der Waals surface area contributed by atoms with E-state index >= 15 is 0 Å². The summed E-state index contributed by atoms with van der Waals surface area (Å²) in [4.78, 5) is 4.50. The largest absolute Gasteiger partial charge is 0.379 e. The molecule has 0 atom stereocenters. The van der Waals surface area contributed by atoms with Crippen molar-refractivity contribution in [2.45, 2.75) is 26.3 Å². The Morgan fingerprint density at radius 3 is 2.52 bits per heavy atom. The topological polar surface area (TPSA) is 27.7 Å². The summed E-state index contributed by atoms with van der Waals surface area (Å²) >= 11 is 5.48. The first-order valence-electron chi connectivity index (χ1n) is 8.44. The van der Waals surface area contributed by atoms with Crippen molar-refractivity contribution < 1.29 is 4.74 Å². The fourth-order valence-corrected chi connectivity index (χ4v) is 2.80. The molecule has 0 spiro atoms. The lowest BCUT2D eigenvalue weighted by Crippen LogP contribution is -2.43. The van der Waals surface area contributed by atoms with Gasteiger partial charge in [0.1, 0.15) is 0 Å². The van der Waals surface area contributed by atoms with E-state index in [2.05, 4.69) is 53.2 Å². The van der Waals surface area contributed by atoms with E-state index < -0.39 is 0 Å². The molecule has 0 radical (unpaired) electrons. The number of thiocarbonyl (C=S) groups is 1. The average Bonchev–Trinajstić information content (AvgIpc) is 2.56. The van der Waals surface area contributed by atoms with Gasteiger partial charge in [-0.1, -0.05) is 38.1 Å². The van der Waals surface area contributed by atoms with E-state index in [1.807, 2.05) is 7.05 Å². The van der Waals surface area contributed by atoms with Crippen LogP contribution in [0.2, 0.25) is 0 Å². The highest BCUT2D eigenvalue weighted by molar-refractivity contribution is 7.80. The van der Waals surface area contributed by atoms with Crippen LogP contribution in [-0.2, 0) is 11.3 Å². The number of nitrogens with zero attached hydrogens (tertiary/aromatic N) is 2. The number of hydrogen-bond acceptors (Lipinski definition) is 3. The van der Waals surface area contributed by atoms with Gasteiger partial charge in [-0.05, 0) is 29.3 Å². The van der Waals surface area contributed by atoms with Gasteiger partial charge in [-0.2, -0.15) is 0 Å². The van der Waals surface area contributed by atoms with E-state index in [0.29, 0.717) is 5.92 Å². The van der Waals surface area contributed by atoms with Crippen LogP contribution in [0.4, 0.5) is 0 Å². The second-order valence-electron chi connectivity index (χ2n) is 6.44.